The maximum Gasteiger partial charge on any atom is 0.413 e. The predicted molar refractivity (Wildman–Crippen MR) is 108 cm³/mol. The van der Waals surface area contributed by atoms with Gasteiger partial charge in [0.15, 0.2) is 5.82 Å². The summed E-state index contributed by atoms with van der Waals surface area (Å²) in [5.41, 5.74) is -1.11. The Kier molecular flexibility index (Phi) is 5.96. The summed E-state index contributed by atoms with van der Waals surface area (Å²) >= 11 is 0. The number of carbonyl (C=O) groups is 2. The normalized spacial score (nSPS) is 11.7. The Bertz CT molecular complexity index is 960. The molecule has 0 aliphatic carbocycles. The number of ether oxygens (including phenoxy) is 2. The van der Waals surface area contributed by atoms with E-state index in [0.29, 0.717) is 10.9 Å². The average molecular weight is 404 g/mol. The summed E-state index contributed by atoms with van der Waals surface area (Å²) in [6.45, 7) is 10.2. The van der Waals surface area contributed by atoms with E-state index in [2.05, 4.69) is 15.6 Å². The number of nitrogens with one attached hydrogen (secondary N) is 2. The molecule has 0 unspecified atom stereocenters. The minimum atomic E-state index is -0.767. The highest BCUT2D eigenvalue weighted by atomic mass is 16.6. The largest absolute Gasteiger partial charge is 0.444 e. The molecule has 0 aliphatic heterocycles. The van der Waals surface area contributed by atoms with Crippen molar-refractivity contribution in [1.82, 2.24) is 4.98 Å². The summed E-state index contributed by atoms with van der Waals surface area (Å²) < 4.78 is 10.4. The monoisotopic (exact) mass is 404 g/mol. The number of amides is 2. The number of aromatic nitrogens is 1. The average Bonchev–Trinajstić information content (AvgIpc) is 2.51. The van der Waals surface area contributed by atoms with E-state index in [0.717, 1.165) is 0 Å². The lowest BCUT2D eigenvalue weighted by atomic mass is 10.2. The van der Waals surface area contributed by atoms with Crippen LogP contribution < -0.4 is 10.6 Å². The molecule has 0 fully saturated rings. The fourth-order valence-corrected chi connectivity index (χ4v) is 2.28. The second-order valence-corrected chi connectivity index (χ2v) is 8.27. The third kappa shape index (κ3) is 6.59. The van der Waals surface area contributed by atoms with Crippen molar-refractivity contribution < 1.29 is 24.0 Å². The van der Waals surface area contributed by atoms with Gasteiger partial charge in [0.2, 0.25) is 0 Å². The molecule has 29 heavy (non-hydrogen) atoms. The fraction of sp³-hybridized carbons (Fsp3) is 0.421. The highest BCUT2D eigenvalue weighted by Gasteiger charge is 2.21. The van der Waals surface area contributed by atoms with Crippen LogP contribution in [0.1, 0.15) is 41.5 Å². The van der Waals surface area contributed by atoms with E-state index in [1.807, 2.05) is 0 Å². The number of fused-ring (bicyclic) bond motifs is 1. The molecular formula is C19H24N4O6. The number of nitro benzene ring substituents is 1. The summed E-state index contributed by atoms with van der Waals surface area (Å²) in [6.07, 6.45) is -1.53. The Morgan fingerprint density at radius 2 is 1.52 bits per heavy atom. The van der Waals surface area contributed by atoms with Crippen LogP contribution in [0.25, 0.3) is 10.9 Å². The predicted octanol–water partition coefficient (Wildman–Crippen LogP) is 4.84. The van der Waals surface area contributed by atoms with Crippen LogP contribution in [0.5, 0.6) is 0 Å². The summed E-state index contributed by atoms with van der Waals surface area (Å²) in [5, 5.41) is 16.4. The van der Waals surface area contributed by atoms with Gasteiger partial charge < -0.3 is 9.47 Å². The second-order valence-electron chi connectivity index (χ2n) is 8.27. The van der Waals surface area contributed by atoms with E-state index < -0.39 is 28.3 Å². The maximum absolute atomic E-state index is 12.2. The first-order chi connectivity index (χ1) is 13.2. The minimum absolute atomic E-state index is 0.0199. The number of rotatable bonds is 3. The van der Waals surface area contributed by atoms with Crippen LogP contribution in [0, 0.1) is 10.1 Å². The number of pyridine rings is 1. The molecule has 2 N–H and O–H groups in total. The smallest absolute Gasteiger partial charge is 0.413 e. The number of anilines is 2. The van der Waals surface area contributed by atoms with Crippen LogP contribution in [0.15, 0.2) is 24.3 Å². The van der Waals surface area contributed by atoms with E-state index in [4.69, 9.17) is 9.47 Å². The van der Waals surface area contributed by atoms with Crippen molar-refractivity contribution in [2.24, 2.45) is 0 Å². The van der Waals surface area contributed by atoms with Gasteiger partial charge in [-0.3, -0.25) is 20.7 Å². The molecular weight excluding hydrogens is 380 g/mol. The molecule has 2 aromatic rings. The lowest BCUT2D eigenvalue weighted by Gasteiger charge is -2.22. The molecule has 2 amide bonds. The van der Waals surface area contributed by atoms with Gasteiger partial charge in [0, 0.05) is 17.5 Å². The van der Waals surface area contributed by atoms with Gasteiger partial charge in [-0.25, -0.2) is 14.6 Å². The quantitative estimate of drug-likeness (QED) is 0.552. The molecule has 0 atom stereocenters. The molecule has 10 nitrogen and oxygen atoms in total. The van der Waals surface area contributed by atoms with E-state index in [1.54, 1.807) is 41.5 Å². The van der Waals surface area contributed by atoms with E-state index in [-0.39, 0.29) is 17.2 Å². The SMILES string of the molecule is CC(C)(C)OC(=O)Nc1cc2cc([N+](=O)[O-])ccc2nc1NC(=O)OC(C)(C)C. The van der Waals surface area contributed by atoms with Crippen LogP contribution in [0.3, 0.4) is 0 Å². The van der Waals surface area contributed by atoms with Gasteiger partial charge in [0.25, 0.3) is 5.69 Å². The Morgan fingerprint density at radius 1 is 0.966 bits per heavy atom. The molecule has 0 saturated heterocycles. The molecule has 0 saturated carbocycles. The molecule has 10 heteroatoms. The highest BCUT2D eigenvalue weighted by molar-refractivity contribution is 5.98. The van der Waals surface area contributed by atoms with E-state index in [1.165, 1.54) is 24.3 Å². The summed E-state index contributed by atoms with van der Waals surface area (Å²) in [7, 11) is 0. The van der Waals surface area contributed by atoms with Gasteiger partial charge >= 0.3 is 12.2 Å². The number of carbonyl (C=O) groups excluding carboxylic acids is 2. The van der Waals surface area contributed by atoms with Crippen molar-refractivity contribution in [3.8, 4) is 0 Å². The van der Waals surface area contributed by atoms with Crippen molar-refractivity contribution in [1.29, 1.82) is 0 Å². The molecule has 156 valence electrons. The zero-order chi connectivity index (χ0) is 22.0. The summed E-state index contributed by atoms with van der Waals surface area (Å²) in [6, 6.07) is 5.53. The number of nitrogens with zero attached hydrogens (tertiary/aromatic N) is 2. The number of hydrogen-bond acceptors (Lipinski definition) is 7. The Hall–Kier alpha value is -3.43. The lowest BCUT2D eigenvalue weighted by molar-refractivity contribution is -0.384. The fourth-order valence-electron chi connectivity index (χ4n) is 2.28. The molecule has 1 aromatic heterocycles. The standard InChI is InChI=1S/C19H24N4O6/c1-18(2,3)28-16(24)21-14-10-11-9-12(23(26)27)7-8-13(11)20-15(14)22-17(25)29-19(4,5)6/h7-10H,1-6H3,(H,21,24)(H,20,22,25). The van der Waals surface area contributed by atoms with E-state index >= 15 is 0 Å². The highest BCUT2D eigenvalue weighted by Crippen LogP contribution is 2.28. The third-order valence-electron chi connectivity index (χ3n) is 3.26. The van der Waals surface area contributed by atoms with Crippen LogP contribution >= 0.6 is 0 Å². The van der Waals surface area contributed by atoms with Gasteiger partial charge in [0.1, 0.15) is 11.2 Å². The van der Waals surface area contributed by atoms with Gasteiger partial charge in [-0.05, 0) is 53.7 Å². The molecule has 0 bridgehead atoms. The van der Waals surface area contributed by atoms with Gasteiger partial charge in [0.05, 0.1) is 16.1 Å². The van der Waals surface area contributed by atoms with Crippen LogP contribution in [0.4, 0.5) is 26.8 Å². The lowest BCUT2D eigenvalue weighted by Crippen LogP contribution is -2.29. The zero-order valence-corrected chi connectivity index (χ0v) is 17.2. The molecule has 2 rings (SSSR count). The zero-order valence-electron chi connectivity index (χ0n) is 17.2. The number of hydrogen-bond donors (Lipinski definition) is 2. The molecule has 1 aromatic carbocycles. The third-order valence-corrected chi connectivity index (χ3v) is 3.26. The number of benzene rings is 1. The van der Waals surface area contributed by atoms with Gasteiger partial charge in [-0.1, -0.05) is 0 Å². The molecule has 0 radical (unpaired) electrons. The first-order valence-electron chi connectivity index (χ1n) is 8.83. The van der Waals surface area contributed by atoms with E-state index in [9.17, 15) is 19.7 Å². The Labute approximate surface area is 167 Å². The number of non-ortho nitro benzene ring substituents is 1. The first-order valence-corrected chi connectivity index (χ1v) is 8.83. The number of nitro groups is 1. The van der Waals surface area contributed by atoms with Crippen LogP contribution in [0.2, 0.25) is 0 Å². The van der Waals surface area contributed by atoms with Crippen molar-refractivity contribution in [3.05, 3.63) is 34.4 Å². The molecule has 1 heterocycles. The Morgan fingerprint density at radius 3 is 2.03 bits per heavy atom. The first kappa shape index (κ1) is 21.9. The van der Waals surface area contributed by atoms with Crippen molar-refractivity contribution in [3.63, 3.8) is 0 Å². The minimum Gasteiger partial charge on any atom is -0.444 e. The van der Waals surface area contributed by atoms with Gasteiger partial charge in [-0.2, -0.15) is 0 Å². The van der Waals surface area contributed by atoms with Crippen LogP contribution in [-0.2, 0) is 9.47 Å². The molecule has 0 spiro atoms. The van der Waals surface area contributed by atoms with Crippen molar-refractivity contribution in [2.75, 3.05) is 10.6 Å². The van der Waals surface area contributed by atoms with Crippen molar-refractivity contribution >= 4 is 40.3 Å². The molecule has 0 aliphatic rings. The van der Waals surface area contributed by atoms with Gasteiger partial charge in [-0.15, -0.1) is 0 Å². The van der Waals surface area contributed by atoms with Crippen LogP contribution in [-0.4, -0.2) is 33.3 Å². The topological polar surface area (TPSA) is 133 Å². The Balaban J connectivity index is 2.45. The second kappa shape index (κ2) is 7.90. The summed E-state index contributed by atoms with van der Waals surface area (Å²) in [4.78, 5) is 39.1. The maximum atomic E-state index is 12.2. The van der Waals surface area contributed by atoms with Crippen molar-refractivity contribution in [2.45, 2.75) is 52.7 Å². The summed E-state index contributed by atoms with van der Waals surface area (Å²) in [5.74, 6) is 0.0199.